The van der Waals surface area contributed by atoms with Gasteiger partial charge >= 0.3 is 0 Å². The largest absolute Gasteiger partial charge is 0.497 e. The topological polar surface area (TPSA) is 12.5 Å². The first-order valence-electron chi connectivity index (χ1n) is 5.34. The van der Waals surface area contributed by atoms with E-state index in [1.54, 1.807) is 7.11 Å². The van der Waals surface area contributed by atoms with Crippen LogP contribution in [0.15, 0.2) is 43.5 Å². The Bertz CT molecular complexity index is 361. The van der Waals surface area contributed by atoms with Crippen LogP contribution in [0.1, 0.15) is 5.56 Å². The molecule has 0 aromatic heterocycles. The van der Waals surface area contributed by atoms with Crippen molar-refractivity contribution in [2.75, 3.05) is 25.1 Å². The van der Waals surface area contributed by atoms with Crippen LogP contribution in [0.3, 0.4) is 0 Å². The third-order valence-electron chi connectivity index (χ3n) is 2.44. The van der Waals surface area contributed by atoms with Crippen LogP contribution in [0, 0.1) is 6.92 Å². The average molecular weight is 217 g/mol. The molecule has 16 heavy (non-hydrogen) atoms. The van der Waals surface area contributed by atoms with E-state index in [1.165, 1.54) is 11.3 Å². The summed E-state index contributed by atoms with van der Waals surface area (Å²) in [4.78, 5) is 2.22. The lowest BCUT2D eigenvalue weighted by Gasteiger charge is -2.23. The number of anilines is 1. The van der Waals surface area contributed by atoms with Crippen molar-refractivity contribution >= 4 is 5.69 Å². The Labute approximate surface area is 97.8 Å². The predicted octanol–water partition coefficient (Wildman–Crippen LogP) is 3.18. The van der Waals surface area contributed by atoms with Crippen molar-refractivity contribution < 1.29 is 4.74 Å². The Kier molecular flexibility index (Phi) is 4.65. The highest BCUT2D eigenvalue weighted by Gasteiger charge is 2.06. The summed E-state index contributed by atoms with van der Waals surface area (Å²) in [6.45, 7) is 11.3. The Morgan fingerprint density at radius 3 is 2.31 bits per heavy atom. The lowest BCUT2D eigenvalue weighted by Crippen LogP contribution is -2.23. The number of hydrogen-bond acceptors (Lipinski definition) is 2. The van der Waals surface area contributed by atoms with Crippen LogP contribution in [0.25, 0.3) is 0 Å². The van der Waals surface area contributed by atoms with Gasteiger partial charge in [-0.25, -0.2) is 0 Å². The zero-order chi connectivity index (χ0) is 12.0. The maximum atomic E-state index is 5.19. The Hall–Kier alpha value is -1.70. The normalized spacial score (nSPS) is 9.62. The van der Waals surface area contributed by atoms with Crippen LogP contribution in [0.4, 0.5) is 5.69 Å². The molecule has 0 spiro atoms. The van der Waals surface area contributed by atoms with E-state index in [1.807, 2.05) is 24.3 Å². The summed E-state index contributed by atoms with van der Waals surface area (Å²) in [6, 6.07) is 6.08. The molecule has 1 rings (SSSR count). The van der Waals surface area contributed by atoms with Gasteiger partial charge in [0, 0.05) is 18.8 Å². The summed E-state index contributed by atoms with van der Waals surface area (Å²) in [5, 5.41) is 0. The minimum Gasteiger partial charge on any atom is -0.497 e. The van der Waals surface area contributed by atoms with Crippen LogP contribution in [0.5, 0.6) is 5.75 Å². The first-order valence-corrected chi connectivity index (χ1v) is 5.34. The highest BCUT2D eigenvalue weighted by molar-refractivity contribution is 5.56. The molecule has 0 bridgehead atoms. The highest BCUT2D eigenvalue weighted by Crippen LogP contribution is 2.24. The molecule has 2 heteroatoms. The lowest BCUT2D eigenvalue weighted by atomic mass is 10.1. The second-order valence-corrected chi connectivity index (χ2v) is 3.63. The molecule has 0 aliphatic heterocycles. The molecule has 0 amide bonds. The zero-order valence-electron chi connectivity index (χ0n) is 10.1. The molecule has 0 radical (unpaired) electrons. The van der Waals surface area contributed by atoms with Gasteiger partial charge in [0.2, 0.25) is 0 Å². The molecule has 0 fully saturated rings. The molecule has 1 aromatic rings. The molecule has 0 atom stereocenters. The van der Waals surface area contributed by atoms with Gasteiger partial charge in [0.15, 0.2) is 0 Å². The predicted molar refractivity (Wildman–Crippen MR) is 70.3 cm³/mol. The Morgan fingerprint density at radius 2 is 1.88 bits per heavy atom. The van der Waals surface area contributed by atoms with Crippen LogP contribution in [0.2, 0.25) is 0 Å². The van der Waals surface area contributed by atoms with Crippen molar-refractivity contribution in [3.63, 3.8) is 0 Å². The Morgan fingerprint density at radius 1 is 1.25 bits per heavy atom. The third kappa shape index (κ3) is 2.89. The van der Waals surface area contributed by atoms with E-state index in [0.29, 0.717) is 0 Å². The second-order valence-electron chi connectivity index (χ2n) is 3.63. The van der Waals surface area contributed by atoms with Crippen molar-refractivity contribution in [1.29, 1.82) is 0 Å². The molecule has 0 N–H and O–H groups in total. The summed E-state index contributed by atoms with van der Waals surface area (Å²) in [7, 11) is 1.68. The van der Waals surface area contributed by atoms with Crippen molar-refractivity contribution in [3.05, 3.63) is 49.1 Å². The fraction of sp³-hybridized carbons (Fsp3) is 0.286. The summed E-state index contributed by atoms with van der Waals surface area (Å²) in [5.74, 6) is 0.887. The van der Waals surface area contributed by atoms with Crippen molar-refractivity contribution in [2.45, 2.75) is 6.92 Å². The zero-order valence-corrected chi connectivity index (χ0v) is 10.1. The maximum absolute atomic E-state index is 5.19. The maximum Gasteiger partial charge on any atom is 0.119 e. The summed E-state index contributed by atoms with van der Waals surface area (Å²) in [5.41, 5.74) is 2.39. The summed E-state index contributed by atoms with van der Waals surface area (Å²) >= 11 is 0. The van der Waals surface area contributed by atoms with Crippen molar-refractivity contribution in [1.82, 2.24) is 0 Å². The quantitative estimate of drug-likeness (QED) is 0.678. The molecule has 0 heterocycles. The molecule has 0 unspecified atom stereocenters. The molecule has 1 aromatic carbocycles. The molecule has 0 aliphatic rings. The third-order valence-corrected chi connectivity index (χ3v) is 2.44. The van der Waals surface area contributed by atoms with Crippen LogP contribution >= 0.6 is 0 Å². The fourth-order valence-electron chi connectivity index (χ4n) is 1.69. The van der Waals surface area contributed by atoms with Crippen LogP contribution < -0.4 is 9.64 Å². The summed E-state index contributed by atoms with van der Waals surface area (Å²) in [6.07, 6.45) is 3.79. The van der Waals surface area contributed by atoms with E-state index in [4.69, 9.17) is 4.74 Å². The standard InChI is InChI=1S/C14H19NO/c1-5-9-15(10-6-2)14-8-7-13(16-4)11-12(14)3/h5-8,11H,1-2,9-10H2,3-4H3. The molecular formula is C14H19NO. The van der Waals surface area contributed by atoms with Crippen molar-refractivity contribution in [2.24, 2.45) is 0 Å². The number of methoxy groups -OCH3 is 1. The van der Waals surface area contributed by atoms with Crippen LogP contribution in [-0.2, 0) is 0 Å². The number of ether oxygens (including phenoxy) is 1. The number of hydrogen-bond donors (Lipinski definition) is 0. The van der Waals surface area contributed by atoms with Gasteiger partial charge in [-0.3, -0.25) is 0 Å². The van der Waals surface area contributed by atoms with Gasteiger partial charge in [-0.15, -0.1) is 13.2 Å². The number of nitrogens with zero attached hydrogens (tertiary/aromatic N) is 1. The van der Waals surface area contributed by atoms with E-state index in [9.17, 15) is 0 Å². The van der Waals surface area contributed by atoms with E-state index in [2.05, 4.69) is 31.0 Å². The Balaban J connectivity index is 2.99. The summed E-state index contributed by atoms with van der Waals surface area (Å²) < 4.78 is 5.19. The monoisotopic (exact) mass is 217 g/mol. The highest BCUT2D eigenvalue weighted by atomic mass is 16.5. The van der Waals surface area contributed by atoms with E-state index in [-0.39, 0.29) is 0 Å². The van der Waals surface area contributed by atoms with Gasteiger partial charge in [0.25, 0.3) is 0 Å². The first-order chi connectivity index (χ1) is 7.72. The SMILES string of the molecule is C=CCN(CC=C)c1ccc(OC)cc1C. The van der Waals surface area contributed by atoms with E-state index in [0.717, 1.165) is 18.8 Å². The molecule has 0 saturated heterocycles. The van der Waals surface area contributed by atoms with E-state index >= 15 is 0 Å². The van der Waals surface area contributed by atoms with E-state index < -0.39 is 0 Å². The molecule has 0 saturated carbocycles. The molecular weight excluding hydrogens is 198 g/mol. The van der Waals surface area contributed by atoms with Gasteiger partial charge in [-0.05, 0) is 30.7 Å². The number of benzene rings is 1. The second kappa shape index (κ2) is 6.01. The van der Waals surface area contributed by atoms with Crippen LogP contribution in [-0.4, -0.2) is 20.2 Å². The molecule has 2 nitrogen and oxygen atoms in total. The first kappa shape index (κ1) is 12.4. The number of aryl methyl sites for hydroxylation is 1. The lowest BCUT2D eigenvalue weighted by molar-refractivity contribution is 0.414. The van der Waals surface area contributed by atoms with Gasteiger partial charge in [-0.1, -0.05) is 12.2 Å². The van der Waals surface area contributed by atoms with Gasteiger partial charge in [0.05, 0.1) is 7.11 Å². The smallest absolute Gasteiger partial charge is 0.119 e. The number of rotatable bonds is 6. The molecule has 86 valence electrons. The van der Waals surface area contributed by atoms with Gasteiger partial charge in [0.1, 0.15) is 5.75 Å². The van der Waals surface area contributed by atoms with Gasteiger partial charge < -0.3 is 9.64 Å². The minimum absolute atomic E-state index is 0.819. The average Bonchev–Trinajstić information content (AvgIpc) is 2.29. The fourth-order valence-corrected chi connectivity index (χ4v) is 1.69. The van der Waals surface area contributed by atoms with Gasteiger partial charge in [-0.2, -0.15) is 0 Å². The molecule has 0 aliphatic carbocycles. The van der Waals surface area contributed by atoms with Crippen molar-refractivity contribution in [3.8, 4) is 5.75 Å². The minimum atomic E-state index is 0.819.